The molecule has 2 aliphatic heterocycles. The molecule has 1 atom stereocenters. The minimum atomic E-state index is -0.214. The maximum absolute atomic E-state index is 11.9. The normalized spacial score (nSPS) is 23.6. The van der Waals surface area contributed by atoms with Crippen LogP contribution in [-0.4, -0.2) is 54.2 Å². The zero-order valence-electron chi connectivity index (χ0n) is 11.6. The topological polar surface area (TPSA) is 58.8 Å². The van der Waals surface area contributed by atoms with E-state index in [1.54, 1.807) is 4.90 Å². The molecule has 2 fully saturated rings. The van der Waals surface area contributed by atoms with E-state index in [1.165, 1.54) is 0 Å². The maximum atomic E-state index is 11.9. The minimum Gasteiger partial charge on any atom is -0.445 e. The molecule has 0 aromatic heterocycles. The fourth-order valence-electron chi connectivity index (χ4n) is 2.79. The van der Waals surface area contributed by atoms with Crippen LogP contribution >= 0.6 is 0 Å². The van der Waals surface area contributed by atoms with Gasteiger partial charge < -0.3 is 15.4 Å². The van der Waals surface area contributed by atoms with Gasteiger partial charge in [-0.25, -0.2) is 4.79 Å². The molecule has 2 aliphatic rings. The van der Waals surface area contributed by atoms with Crippen LogP contribution in [0.15, 0.2) is 30.3 Å². The molecule has 0 aliphatic carbocycles. The van der Waals surface area contributed by atoms with Crippen LogP contribution in [0.3, 0.4) is 0 Å². The summed E-state index contributed by atoms with van der Waals surface area (Å²) in [6, 6.07) is 10.5. The Morgan fingerprint density at radius 3 is 2.65 bits per heavy atom. The minimum absolute atomic E-state index is 0.214. The Morgan fingerprint density at radius 1 is 1.25 bits per heavy atom. The summed E-state index contributed by atoms with van der Waals surface area (Å²) in [5, 5.41) is 0. The van der Waals surface area contributed by atoms with Crippen LogP contribution in [0.25, 0.3) is 0 Å². The van der Waals surface area contributed by atoms with Crippen molar-refractivity contribution >= 4 is 6.09 Å². The summed E-state index contributed by atoms with van der Waals surface area (Å²) >= 11 is 0. The number of carbonyl (C=O) groups excluding carboxylic acids is 1. The zero-order chi connectivity index (χ0) is 13.9. The number of benzene rings is 1. The molecule has 1 aromatic carbocycles. The molecule has 1 unspecified atom stereocenters. The van der Waals surface area contributed by atoms with Gasteiger partial charge in [-0.2, -0.15) is 0 Å². The number of ether oxygens (including phenoxy) is 1. The molecule has 0 bridgehead atoms. The average molecular weight is 275 g/mol. The molecule has 2 N–H and O–H groups in total. The first kappa shape index (κ1) is 13.4. The molecule has 0 radical (unpaired) electrons. The third-order valence-electron chi connectivity index (χ3n) is 4.10. The van der Waals surface area contributed by atoms with E-state index >= 15 is 0 Å². The standard InChI is InChI=1S/C15H21N3O2/c16-13-6-7-17(8-13)14-9-18(10-14)15(19)20-11-12-4-2-1-3-5-12/h1-5,13-14H,6-11,16H2. The molecular weight excluding hydrogens is 254 g/mol. The summed E-state index contributed by atoms with van der Waals surface area (Å²) in [4.78, 5) is 16.0. The maximum Gasteiger partial charge on any atom is 0.410 e. The van der Waals surface area contributed by atoms with Crippen LogP contribution < -0.4 is 5.73 Å². The van der Waals surface area contributed by atoms with E-state index < -0.39 is 0 Å². The smallest absolute Gasteiger partial charge is 0.410 e. The number of amides is 1. The highest BCUT2D eigenvalue weighted by molar-refractivity contribution is 5.68. The fraction of sp³-hybridized carbons (Fsp3) is 0.533. The van der Waals surface area contributed by atoms with Crippen LogP contribution in [-0.2, 0) is 11.3 Å². The Hall–Kier alpha value is -1.59. The first-order valence-electron chi connectivity index (χ1n) is 7.17. The highest BCUT2D eigenvalue weighted by atomic mass is 16.6. The van der Waals surface area contributed by atoms with Crippen LogP contribution in [0.1, 0.15) is 12.0 Å². The summed E-state index contributed by atoms with van der Waals surface area (Å²) in [6.45, 7) is 3.88. The fourth-order valence-corrected chi connectivity index (χ4v) is 2.79. The molecule has 1 aromatic rings. The van der Waals surface area contributed by atoms with E-state index in [0.717, 1.165) is 38.2 Å². The average Bonchev–Trinajstić information content (AvgIpc) is 2.82. The van der Waals surface area contributed by atoms with Crippen molar-refractivity contribution < 1.29 is 9.53 Å². The monoisotopic (exact) mass is 275 g/mol. The van der Waals surface area contributed by atoms with Gasteiger partial charge in [0.15, 0.2) is 0 Å². The van der Waals surface area contributed by atoms with E-state index in [2.05, 4.69) is 4.90 Å². The van der Waals surface area contributed by atoms with E-state index in [9.17, 15) is 4.79 Å². The first-order chi connectivity index (χ1) is 9.72. The number of hydrogen-bond donors (Lipinski definition) is 1. The SMILES string of the molecule is NC1CCN(C2CN(C(=O)OCc3ccccc3)C2)C1. The molecule has 5 nitrogen and oxygen atoms in total. The van der Waals surface area contributed by atoms with Gasteiger partial charge in [0.05, 0.1) is 0 Å². The number of nitrogens with two attached hydrogens (primary N) is 1. The van der Waals surface area contributed by atoms with E-state index in [4.69, 9.17) is 10.5 Å². The molecule has 0 spiro atoms. The Labute approximate surface area is 119 Å². The van der Waals surface area contributed by atoms with Gasteiger partial charge in [-0.15, -0.1) is 0 Å². The molecule has 20 heavy (non-hydrogen) atoms. The molecule has 3 rings (SSSR count). The van der Waals surface area contributed by atoms with Crippen molar-refractivity contribution in [2.45, 2.75) is 25.1 Å². The lowest BCUT2D eigenvalue weighted by molar-refractivity contribution is 0.0266. The predicted molar refractivity (Wildman–Crippen MR) is 76.2 cm³/mol. The summed E-state index contributed by atoms with van der Waals surface area (Å²) in [6.07, 6.45) is 0.850. The van der Waals surface area contributed by atoms with Crippen molar-refractivity contribution in [2.75, 3.05) is 26.2 Å². The molecule has 1 amide bonds. The Kier molecular flexibility index (Phi) is 3.89. The van der Waals surface area contributed by atoms with Gasteiger partial charge in [0.2, 0.25) is 0 Å². The largest absolute Gasteiger partial charge is 0.445 e. The lowest BCUT2D eigenvalue weighted by atomic mass is 10.1. The molecule has 2 saturated heterocycles. The summed E-state index contributed by atoms with van der Waals surface area (Å²) < 4.78 is 5.31. The quantitative estimate of drug-likeness (QED) is 0.895. The number of hydrogen-bond acceptors (Lipinski definition) is 4. The van der Waals surface area contributed by atoms with E-state index in [1.807, 2.05) is 30.3 Å². The molecular formula is C15H21N3O2. The molecule has 108 valence electrons. The predicted octanol–water partition coefficient (Wildman–Crippen LogP) is 1.04. The summed E-state index contributed by atoms with van der Waals surface area (Å²) in [5.74, 6) is 0. The van der Waals surface area contributed by atoms with Crippen LogP contribution in [0.2, 0.25) is 0 Å². The highest BCUT2D eigenvalue weighted by Crippen LogP contribution is 2.20. The summed E-state index contributed by atoms with van der Waals surface area (Å²) in [5.41, 5.74) is 6.92. The third kappa shape index (κ3) is 2.94. The summed E-state index contributed by atoms with van der Waals surface area (Å²) in [7, 11) is 0. The van der Waals surface area contributed by atoms with Gasteiger partial charge in [0.1, 0.15) is 6.61 Å². The molecule has 5 heteroatoms. The van der Waals surface area contributed by atoms with Crippen LogP contribution in [0.4, 0.5) is 4.79 Å². The van der Waals surface area contributed by atoms with Gasteiger partial charge in [-0.1, -0.05) is 30.3 Å². The second kappa shape index (κ2) is 5.81. The number of nitrogens with zero attached hydrogens (tertiary/aromatic N) is 2. The number of rotatable bonds is 3. The van der Waals surface area contributed by atoms with Gasteiger partial charge >= 0.3 is 6.09 Å². The van der Waals surface area contributed by atoms with Crippen molar-refractivity contribution in [3.63, 3.8) is 0 Å². The van der Waals surface area contributed by atoms with Crippen LogP contribution in [0.5, 0.6) is 0 Å². The Morgan fingerprint density at radius 2 is 2.00 bits per heavy atom. The lowest BCUT2D eigenvalue weighted by Crippen LogP contribution is -2.60. The first-order valence-corrected chi connectivity index (χ1v) is 7.17. The van der Waals surface area contributed by atoms with Crippen molar-refractivity contribution in [1.29, 1.82) is 0 Å². The van der Waals surface area contributed by atoms with Crippen molar-refractivity contribution in [2.24, 2.45) is 5.73 Å². The second-order valence-electron chi connectivity index (χ2n) is 5.64. The van der Waals surface area contributed by atoms with Crippen molar-refractivity contribution in [1.82, 2.24) is 9.80 Å². The number of likely N-dealkylation sites (tertiary alicyclic amines) is 2. The highest BCUT2D eigenvalue weighted by Gasteiger charge is 2.37. The van der Waals surface area contributed by atoms with Gasteiger partial charge in [0, 0.05) is 38.3 Å². The third-order valence-corrected chi connectivity index (χ3v) is 4.10. The van der Waals surface area contributed by atoms with Gasteiger partial charge in [0.25, 0.3) is 0 Å². The Bertz CT molecular complexity index is 459. The number of carbonyl (C=O) groups is 1. The van der Waals surface area contributed by atoms with Gasteiger partial charge in [-0.05, 0) is 12.0 Å². The van der Waals surface area contributed by atoms with E-state index in [-0.39, 0.29) is 6.09 Å². The lowest BCUT2D eigenvalue weighted by Gasteiger charge is -2.43. The van der Waals surface area contributed by atoms with Crippen LogP contribution in [0, 0.1) is 0 Å². The van der Waals surface area contributed by atoms with Gasteiger partial charge in [-0.3, -0.25) is 4.90 Å². The van der Waals surface area contributed by atoms with Crippen molar-refractivity contribution in [3.8, 4) is 0 Å². The molecule has 2 heterocycles. The zero-order valence-corrected chi connectivity index (χ0v) is 11.6. The molecule has 0 saturated carbocycles. The van der Waals surface area contributed by atoms with Crippen molar-refractivity contribution in [3.05, 3.63) is 35.9 Å². The van der Waals surface area contributed by atoms with E-state index in [0.29, 0.717) is 18.7 Å². The second-order valence-corrected chi connectivity index (χ2v) is 5.64. The Balaban J connectivity index is 1.40.